The molecule has 1 aliphatic rings. The van der Waals surface area contributed by atoms with Gasteiger partial charge in [-0.15, -0.1) is 0 Å². The molecule has 0 unspecified atom stereocenters. The molecule has 5 heteroatoms. The molecule has 1 aromatic heterocycles. The predicted octanol–water partition coefficient (Wildman–Crippen LogP) is 3.30. The first-order valence-electron chi connectivity index (χ1n) is 6.25. The molecule has 2 heterocycles. The number of benzene rings is 1. The summed E-state index contributed by atoms with van der Waals surface area (Å²) in [4.78, 5) is 0. The van der Waals surface area contributed by atoms with Crippen LogP contribution in [-0.2, 0) is 13.5 Å². The van der Waals surface area contributed by atoms with Gasteiger partial charge in [-0.3, -0.25) is 4.68 Å². The van der Waals surface area contributed by atoms with Crippen molar-refractivity contribution < 1.29 is 8.78 Å². The molecule has 3 rings (SSSR count). The molecule has 0 bridgehead atoms. The van der Waals surface area contributed by atoms with Gasteiger partial charge in [-0.2, -0.15) is 5.10 Å². The molecule has 100 valence electrons. The summed E-state index contributed by atoms with van der Waals surface area (Å²) in [6.45, 7) is 2.70. The number of hydrogen-bond donors (Lipinski definition) is 1. The monoisotopic (exact) mass is 263 g/mol. The highest BCUT2D eigenvalue weighted by Crippen LogP contribution is 2.38. The van der Waals surface area contributed by atoms with Crippen molar-refractivity contribution in [2.24, 2.45) is 7.05 Å². The van der Waals surface area contributed by atoms with E-state index < -0.39 is 6.43 Å². The van der Waals surface area contributed by atoms with Gasteiger partial charge in [-0.05, 0) is 36.6 Å². The molecule has 0 spiro atoms. The molecule has 0 saturated carbocycles. The normalized spacial score (nSPS) is 13.7. The number of halogens is 2. The van der Waals surface area contributed by atoms with Gasteiger partial charge in [0.15, 0.2) is 0 Å². The second-order valence-corrected chi connectivity index (χ2v) is 4.84. The number of alkyl halides is 2. The third-order valence-corrected chi connectivity index (χ3v) is 3.75. The lowest BCUT2D eigenvalue weighted by Crippen LogP contribution is -1.96. The maximum atomic E-state index is 13.3. The number of rotatable bonds is 2. The second-order valence-electron chi connectivity index (χ2n) is 4.84. The van der Waals surface area contributed by atoms with Crippen LogP contribution in [0.15, 0.2) is 18.3 Å². The molecule has 1 aromatic carbocycles. The number of nitrogens with one attached hydrogen (secondary N) is 1. The zero-order valence-electron chi connectivity index (χ0n) is 10.9. The van der Waals surface area contributed by atoms with E-state index in [1.807, 2.05) is 20.0 Å². The van der Waals surface area contributed by atoms with Crippen LogP contribution < -0.4 is 5.32 Å². The van der Waals surface area contributed by atoms with E-state index in [2.05, 4.69) is 10.4 Å². The summed E-state index contributed by atoms with van der Waals surface area (Å²) in [5.41, 5.74) is 4.29. The van der Waals surface area contributed by atoms with Gasteiger partial charge in [0.2, 0.25) is 0 Å². The van der Waals surface area contributed by atoms with E-state index in [0.29, 0.717) is 5.56 Å². The van der Waals surface area contributed by atoms with Crippen LogP contribution in [0, 0.1) is 6.92 Å². The first-order valence-corrected chi connectivity index (χ1v) is 6.25. The van der Waals surface area contributed by atoms with Crippen molar-refractivity contribution in [3.8, 4) is 11.1 Å². The van der Waals surface area contributed by atoms with Gasteiger partial charge in [0.05, 0.1) is 6.20 Å². The van der Waals surface area contributed by atoms with Gasteiger partial charge in [0, 0.05) is 36.1 Å². The number of hydrogen-bond acceptors (Lipinski definition) is 2. The van der Waals surface area contributed by atoms with Crippen LogP contribution >= 0.6 is 0 Å². The molecule has 3 nitrogen and oxygen atoms in total. The summed E-state index contributed by atoms with van der Waals surface area (Å²) in [7, 11) is 1.82. The number of aryl methyl sites for hydroxylation is 1. The molecule has 0 fully saturated rings. The lowest BCUT2D eigenvalue weighted by atomic mass is 9.96. The van der Waals surface area contributed by atoms with Gasteiger partial charge in [0.25, 0.3) is 6.43 Å². The quantitative estimate of drug-likeness (QED) is 0.901. The molecular formula is C14H15F2N3. The largest absolute Gasteiger partial charge is 0.384 e. The minimum Gasteiger partial charge on any atom is -0.384 e. The summed E-state index contributed by atoms with van der Waals surface area (Å²) >= 11 is 0. The Bertz CT molecular complexity index is 632. The summed E-state index contributed by atoms with van der Waals surface area (Å²) in [5.74, 6) is 0. The number of aromatic nitrogens is 2. The third kappa shape index (κ3) is 1.89. The van der Waals surface area contributed by atoms with Crippen molar-refractivity contribution in [2.45, 2.75) is 19.8 Å². The van der Waals surface area contributed by atoms with E-state index in [9.17, 15) is 8.78 Å². The molecule has 19 heavy (non-hydrogen) atoms. The van der Waals surface area contributed by atoms with E-state index in [0.717, 1.165) is 35.5 Å². The molecular weight excluding hydrogens is 248 g/mol. The molecule has 0 radical (unpaired) electrons. The Morgan fingerprint density at radius 2 is 2.11 bits per heavy atom. The maximum absolute atomic E-state index is 13.3. The zero-order chi connectivity index (χ0) is 13.6. The molecule has 1 aliphatic heterocycles. The summed E-state index contributed by atoms with van der Waals surface area (Å²) in [6.07, 6.45) is 0.0542. The lowest BCUT2D eigenvalue weighted by molar-refractivity contribution is 0.152. The van der Waals surface area contributed by atoms with Crippen molar-refractivity contribution in [3.63, 3.8) is 0 Å². The fraction of sp³-hybridized carbons (Fsp3) is 0.357. The minimum absolute atomic E-state index is 0.0734. The average molecular weight is 263 g/mol. The highest BCUT2D eigenvalue weighted by atomic mass is 19.3. The third-order valence-electron chi connectivity index (χ3n) is 3.75. The molecule has 0 atom stereocenters. The van der Waals surface area contributed by atoms with Crippen LogP contribution in [0.3, 0.4) is 0 Å². The average Bonchev–Trinajstić information content (AvgIpc) is 2.95. The molecule has 2 aromatic rings. The van der Waals surface area contributed by atoms with Gasteiger partial charge < -0.3 is 5.32 Å². The predicted molar refractivity (Wildman–Crippen MR) is 70.5 cm³/mol. The Morgan fingerprint density at radius 3 is 2.74 bits per heavy atom. The first-order chi connectivity index (χ1) is 9.08. The van der Waals surface area contributed by atoms with Crippen LogP contribution in [0.2, 0.25) is 0 Å². The second kappa shape index (κ2) is 4.33. The van der Waals surface area contributed by atoms with Crippen LogP contribution in [0.4, 0.5) is 14.5 Å². The number of nitrogens with zero attached hydrogens (tertiary/aromatic N) is 2. The molecule has 1 N–H and O–H groups in total. The van der Waals surface area contributed by atoms with Gasteiger partial charge in [-0.1, -0.05) is 0 Å². The Hall–Kier alpha value is -1.91. The van der Waals surface area contributed by atoms with E-state index in [-0.39, 0.29) is 5.56 Å². The molecule has 0 amide bonds. The van der Waals surface area contributed by atoms with Crippen molar-refractivity contribution in [2.75, 3.05) is 11.9 Å². The standard InChI is InChI=1S/C14H15F2N3/c1-8-12(7-18-19(8)2)10-5-9-3-4-17-13(9)6-11(10)14(15)16/h5-7,14,17H,3-4H2,1-2H3. The molecule has 0 aliphatic carbocycles. The Balaban J connectivity index is 2.22. The van der Waals surface area contributed by atoms with E-state index in [1.165, 1.54) is 0 Å². The fourth-order valence-electron chi connectivity index (χ4n) is 2.54. The summed E-state index contributed by atoms with van der Waals surface area (Å²) < 4.78 is 28.2. The van der Waals surface area contributed by atoms with Crippen LogP contribution in [0.25, 0.3) is 11.1 Å². The number of fused-ring (bicyclic) bond motifs is 1. The van der Waals surface area contributed by atoms with E-state index in [4.69, 9.17) is 0 Å². The summed E-state index contributed by atoms with van der Waals surface area (Å²) in [6, 6.07) is 3.45. The van der Waals surface area contributed by atoms with E-state index >= 15 is 0 Å². The SMILES string of the molecule is Cc1c(-c2cc3c(cc2C(F)F)NCC3)cnn1C. The Morgan fingerprint density at radius 1 is 1.32 bits per heavy atom. The number of anilines is 1. The van der Waals surface area contributed by atoms with Crippen LogP contribution in [-0.4, -0.2) is 16.3 Å². The highest BCUT2D eigenvalue weighted by Gasteiger charge is 2.22. The van der Waals surface area contributed by atoms with E-state index in [1.54, 1.807) is 16.9 Å². The van der Waals surface area contributed by atoms with Crippen molar-refractivity contribution in [1.29, 1.82) is 0 Å². The van der Waals surface area contributed by atoms with Gasteiger partial charge >= 0.3 is 0 Å². The van der Waals surface area contributed by atoms with Crippen molar-refractivity contribution in [1.82, 2.24) is 9.78 Å². The smallest absolute Gasteiger partial charge is 0.264 e. The summed E-state index contributed by atoms with van der Waals surface area (Å²) in [5, 5.41) is 7.28. The zero-order valence-corrected chi connectivity index (χ0v) is 10.9. The lowest BCUT2D eigenvalue weighted by Gasteiger charge is -2.12. The van der Waals surface area contributed by atoms with Gasteiger partial charge in [-0.25, -0.2) is 8.78 Å². The molecule has 0 saturated heterocycles. The van der Waals surface area contributed by atoms with Crippen LogP contribution in [0.5, 0.6) is 0 Å². The van der Waals surface area contributed by atoms with Gasteiger partial charge in [0.1, 0.15) is 0 Å². The fourth-order valence-corrected chi connectivity index (χ4v) is 2.54. The van der Waals surface area contributed by atoms with Crippen LogP contribution in [0.1, 0.15) is 23.2 Å². The minimum atomic E-state index is -2.48. The first kappa shape index (κ1) is 12.1. The topological polar surface area (TPSA) is 29.9 Å². The Kier molecular flexibility index (Phi) is 2.77. The highest BCUT2D eigenvalue weighted by molar-refractivity contribution is 5.75. The Labute approximate surface area is 110 Å². The maximum Gasteiger partial charge on any atom is 0.264 e. The van der Waals surface area contributed by atoms with Crippen molar-refractivity contribution >= 4 is 5.69 Å². The van der Waals surface area contributed by atoms with Crippen molar-refractivity contribution in [3.05, 3.63) is 35.2 Å².